The average molecular weight is 314 g/mol. The quantitative estimate of drug-likeness (QED) is 0.709. The Morgan fingerprint density at radius 1 is 1.38 bits per heavy atom. The van der Waals surface area contributed by atoms with Crippen molar-refractivity contribution in [1.29, 1.82) is 0 Å². The summed E-state index contributed by atoms with van der Waals surface area (Å²) in [7, 11) is 0. The first-order valence-electron chi connectivity index (χ1n) is 4.86. The molecule has 0 N–H and O–H groups in total. The fraction of sp³-hybridized carbons (Fsp3) is 0.455. The Morgan fingerprint density at radius 2 is 2.12 bits per heavy atom. The van der Waals surface area contributed by atoms with Gasteiger partial charge < -0.3 is 4.74 Å². The first kappa shape index (κ1) is 13.7. The van der Waals surface area contributed by atoms with Crippen LogP contribution in [0.25, 0.3) is 0 Å². The molecule has 0 spiro atoms. The van der Waals surface area contributed by atoms with Gasteiger partial charge in [0.15, 0.2) is 0 Å². The highest BCUT2D eigenvalue weighted by Crippen LogP contribution is 2.24. The van der Waals surface area contributed by atoms with E-state index in [1.54, 1.807) is 12.1 Å². The molecule has 16 heavy (non-hydrogen) atoms. The van der Waals surface area contributed by atoms with Gasteiger partial charge in [-0.1, -0.05) is 28.1 Å². The minimum Gasteiger partial charge on any atom is -0.435 e. The van der Waals surface area contributed by atoms with Crippen molar-refractivity contribution >= 4 is 27.5 Å². The fourth-order valence-electron chi connectivity index (χ4n) is 1.37. The van der Waals surface area contributed by atoms with Crippen molar-refractivity contribution in [3.05, 3.63) is 29.3 Å². The first-order chi connectivity index (χ1) is 7.67. The maximum absolute atomic E-state index is 12.1. The number of rotatable bonds is 6. The third-order valence-electron chi connectivity index (χ3n) is 2.08. The number of alkyl halides is 4. The molecule has 0 heterocycles. The van der Waals surface area contributed by atoms with Gasteiger partial charge in [-0.05, 0) is 24.5 Å². The lowest BCUT2D eigenvalue weighted by Crippen LogP contribution is -2.04. The van der Waals surface area contributed by atoms with Gasteiger partial charge in [-0.25, -0.2) is 0 Å². The van der Waals surface area contributed by atoms with Gasteiger partial charge in [0.2, 0.25) is 0 Å². The molecular formula is C11H12BrClF2O. The molecule has 1 rings (SSSR count). The maximum Gasteiger partial charge on any atom is 0.387 e. The Kier molecular flexibility index (Phi) is 6.06. The van der Waals surface area contributed by atoms with Crippen molar-refractivity contribution in [3.63, 3.8) is 0 Å². The zero-order valence-electron chi connectivity index (χ0n) is 8.56. The first-order valence-corrected chi connectivity index (χ1v) is 6.51. The maximum atomic E-state index is 12.1. The molecule has 90 valence electrons. The largest absolute Gasteiger partial charge is 0.435 e. The minimum atomic E-state index is -2.81. The van der Waals surface area contributed by atoms with Crippen molar-refractivity contribution in [2.75, 3.05) is 5.33 Å². The van der Waals surface area contributed by atoms with Crippen LogP contribution in [0.2, 0.25) is 0 Å². The Morgan fingerprint density at radius 3 is 2.69 bits per heavy atom. The second-order valence-electron chi connectivity index (χ2n) is 3.25. The molecule has 1 aromatic carbocycles. The summed E-state index contributed by atoms with van der Waals surface area (Å²) in [5.41, 5.74) is 1.69. The third-order valence-corrected chi connectivity index (χ3v) is 2.93. The van der Waals surface area contributed by atoms with E-state index in [1.165, 1.54) is 0 Å². The number of benzene rings is 1. The van der Waals surface area contributed by atoms with Gasteiger partial charge in [-0.15, -0.1) is 11.6 Å². The predicted molar refractivity (Wildman–Crippen MR) is 64.7 cm³/mol. The van der Waals surface area contributed by atoms with E-state index in [-0.39, 0.29) is 11.6 Å². The summed E-state index contributed by atoms with van der Waals surface area (Å²) < 4.78 is 28.5. The van der Waals surface area contributed by atoms with Gasteiger partial charge in [-0.3, -0.25) is 0 Å². The molecule has 0 atom stereocenters. The third kappa shape index (κ3) is 4.26. The molecule has 0 amide bonds. The molecule has 5 heteroatoms. The Balaban J connectivity index is 2.79. The van der Waals surface area contributed by atoms with Crippen LogP contribution in [0.1, 0.15) is 17.5 Å². The van der Waals surface area contributed by atoms with E-state index in [9.17, 15) is 8.78 Å². The zero-order valence-corrected chi connectivity index (χ0v) is 10.9. The topological polar surface area (TPSA) is 9.23 Å². The molecule has 0 aliphatic heterocycles. The highest BCUT2D eigenvalue weighted by Gasteiger charge is 2.09. The number of ether oxygens (including phenoxy) is 1. The standard InChI is InChI=1S/C11H12BrClF2O/c12-5-1-2-8-3-4-10(16-11(14)15)9(6-8)7-13/h3-4,6,11H,1-2,5,7H2. The van der Waals surface area contributed by atoms with Crippen LogP contribution in [0.15, 0.2) is 18.2 Å². The van der Waals surface area contributed by atoms with Crippen LogP contribution < -0.4 is 4.74 Å². The summed E-state index contributed by atoms with van der Waals surface area (Å²) in [4.78, 5) is 0. The summed E-state index contributed by atoms with van der Waals surface area (Å²) in [5, 5.41) is 0.915. The molecule has 0 fully saturated rings. The van der Waals surface area contributed by atoms with E-state index in [4.69, 9.17) is 11.6 Å². The van der Waals surface area contributed by atoms with Gasteiger partial charge >= 0.3 is 6.61 Å². The van der Waals surface area contributed by atoms with Crippen molar-refractivity contribution in [2.24, 2.45) is 0 Å². The summed E-state index contributed by atoms with van der Waals surface area (Å²) in [5.74, 6) is 0.331. The predicted octanol–water partition coefficient (Wildman–Crippen LogP) is 4.35. The second kappa shape index (κ2) is 7.07. The summed E-state index contributed by atoms with van der Waals surface area (Å²) in [6, 6.07) is 5.15. The summed E-state index contributed by atoms with van der Waals surface area (Å²) in [6.45, 7) is -2.81. The van der Waals surface area contributed by atoms with Crippen molar-refractivity contribution in [2.45, 2.75) is 25.3 Å². The molecule has 0 aliphatic carbocycles. The van der Waals surface area contributed by atoms with Crippen LogP contribution in [-0.2, 0) is 12.3 Å². The van der Waals surface area contributed by atoms with Crippen molar-refractivity contribution in [3.8, 4) is 5.75 Å². The average Bonchev–Trinajstić information content (AvgIpc) is 2.27. The van der Waals surface area contributed by atoms with E-state index < -0.39 is 6.61 Å². The molecule has 0 radical (unpaired) electrons. The fourth-order valence-corrected chi connectivity index (χ4v) is 1.86. The molecule has 1 nitrogen and oxygen atoms in total. The SMILES string of the molecule is FC(F)Oc1ccc(CCCBr)cc1CCl. The van der Waals surface area contributed by atoms with Gasteiger partial charge in [0, 0.05) is 10.9 Å². The number of hydrogen-bond acceptors (Lipinski definition) is 1. The van der Waals surface area contributed by atoms with Gasteiger partial charge in [-0.2, -0.15) is 8.78 Å². The number of halogens is 4. The van der Waals surface area contributed by atoms with E-state index in [2.05, 4.69) is 20.7 Å². The molecule has 1 aromatic rings. The molecule has 0 aliphatic rings. The highest BCUT2D eigenvalue weighted by atomic mass is 79.9. The van der Waals surface area contributed by atoms with Crippen molar-refractivity contribution < 1.29 is 13.5 Å². The zero-order chi connectivity index (χ0) is 12.0. The monoisotopic (exact) mass is 312 g/mol. The lowest BCUT2D eigenvalue weighted by atomic mass is 10.1. The van der Waals surface area contributed by atoms with E-state index >= 15 is 0 Å². The molecule has 0 bridgehead atoms. The second-order valence-corrected chi connectivity index (χ2v) is 4.31. The normalized spacial score (nSPS) is 10.8. The Bertz CT molecular complexity index is 334. The smallest absolute Gasteiger partial charge is 0.387 e. The lowest BCUT2D eigenvalue weighted by Gasteiger charge is -2.10. The lowest BCUT2D eigenvalue weighted by molar-refractivity contribution is -0.0503. The summed E-state index contributed by atoms with van der Waals surface area (Å²) in [6.07, 6.45) is 1.89. The molecule has 0 saturated heterocycles. The van der Waals surface area contributed by atoms with E-state index in [1.807, 2.05) is 6.07 Å². The molecule has 0 aromatic heterocycles. The van der Waals surface area contributed by atoms with Crippen LogP contribution in [0, 0.1) is 0 Å². The van der Waals surface area contributed by atoms with Gasteiger partial charge in [0.25, 0.3) is 0 Å². The highest BCUT2D eigenvalue weighted by molar-refractivity contribution is 9.09. The van der Waals surface area contributed by atoms with E-state index in [0.717, 1.165) is 23.7 Å². The van der Waals surface area contributed by atoms with Crippen LogP contribution >= 0.6 is 27.5 Å². The Hall–Kier alpha value is -0.350. The number of aryl methyl sites for hydroxylation is 1. The van der Waals surface area contributed by atoms with Gasteiger partial charge in [0.05, 0.1) is 5.88 Å². The molecular weight excluding hydrogens is 301 g/mol. The Labute approximate surface area is 107 Å². The van der Waals surface area contributed by atoms with Crippen LogP contribution in [0.4, 0.5) is 8.78 Å². The van der Waals surface area contributed by atoms with E-state index in [0.29, 0.717) is 5.56 Å². The molecule has 0 saturated carbocycles. The van der Waals surface area contributed by atoms with Crippen LogP contribution in [0.3, 0.4) is 0 Å². The molecule has 0 unspecified atom stereocenters. The van der Waals surface area contributed by atoms with Crippen LogP contribution in [0.5, 0.6) is 5.75 Å². The number of hydrogen-bond donors (Lipinski definition) is 0. The van der Waals surface area contributed by atoms with Crippen molar-refractivity contribution in [1.82, 2.24) is 0 Å². The van der Waals surface area contributed by atoms with Crippen LogP contribution in [-0.4, -0.2) is 11.9 Å². The van der Waals surface area contributed by atoms with Gasteiger partial charge in [0.1, 0.15) is 5.75 Å². The minimum absolute atomic E-state index is 0.160. The summed E-state index contributed by atoms with van der Waals surface area (Å²) >= 11 is 9.03.